The largest absolute Gasteiger partial charge is 0.494 e. The number of halogens is 1. The van der Waals surface area contributed by atoms with E-state index in [1.807, 2.05) is 31.8 Å². The summed E-state index contributed by atoms with van der Waals surface area (Å²) < 4.78 is 20.6. The highest BCUT2D eigenvalue weighted by molar-refractivity contribution is 5.69. The maximum absolute atomic E-state index is 13.8. The van der Waals surface area contributed by atoms with E-state index >= 15 is 0 Å². The fraction of sp³-hybridized carbons (Fsp3) is 0.357. The zero-order valence-electron chi connectivity index (χ0n) is 11.6. The van der Waals surface area contributed by atoms with Crippen molar-refractivity contribution in [3.05, 3.63) is 35.4 Å². The molecule has 4 nitrogen and oxygen atoms in total. The maximum atomic E-state index is 13.8. The minimum Gasteiger partial charge on any atom is -0.494 e. The van der Waals surface area contributed by atoms with Crippen LogP contribution in [0.2, 0.25) is 0 Å². The van der Waals surface area contributed by atoms with Crippen LogP contribution in [0.1, 0.15) is 11.4 Å². The van der Waals surface area contributed by atoms with E-state index in [2.05, 4.69) is 10.4 Å². The molecular weight excluding hydrogens is 245 g/mol. The summed E-state index contributed by atoms with van der Waals surface area (Å²) in [6.07, 6.45) is 0. The summed E-state index contributed by atoms with van der Waals surface area (Å²) in [5, 5.41) is 7.51. The van der Waals surface area contributed by atoms with Crippen LogP contribution in [0.3, 0.4) is 0 Å². The van der Waals surface area contributed by atoms with E-state index in [1.165, 1.54) is 13.2 Å². The second kappa shape index (κ2) is 5.40. The van der Waals surface area contributed by atoms with Gasteiger partial charge < -0.3 is 10.1 Å². The summed E-state index contributed by atoms with van der Waals surface area (Å²) in [6.45, 7) is 2.61. The van der Waals surface area contributed by atoms with Crippen molar-refractivity contribution in [3.63, 3.8) is 0 Å². The molecule has 19 heavy (non-hydrogen) atoms. The van der Waals surface area contributed by atoms with E-state index in [1.54, 1.807) is 6.07 Å². The highest BCUT2D eigenvalue weighted by atomic mass is 19.1. The normalized spacial score (nSPS) is 10.8. The molecule has 2 aromatic rings. The van der Waals surface area contributed by atoms with Crippen LogP contribution in [0.5, 0.6) is 5.75 Å². The molecule has 0 aliphatic rings. The highest BCUT2D eigenvalue weighted by Gasteiger charge is 2.16. The van der Waals surface area contributed by atoms with Crippen molar-refractivity contribution in [1.82, 2.24) is 15.1 Å². The average molecular weight is 263 g/mol. The van der Waals surface area contributed by atoms with Gasteiger partial charge in [-0.25, -0.2) is 4.39 Å². The third-order valence-corrected chi connectivity index (χ3v) is 3.13. The predicted octanol–water partition coefficient (Wildman–Crippen LogP) is 2.26. The first-order chi connectivity index (χ1) is 9.08. The summed E-state index contributed by atoms with van der Waals surface area (Å²) in [5.41, 5.74) is 3.70. The van der Waals surface area contributed by atoms with Crippen LogP contribution >= 0.6 is 0 Å². The number of hydrogen-bond donors (Lipinski definition) is 1. The minimum atomic E-state index is -0.362. The van der Waals surface area contributed by atoms with Gasteiger partial charge in [0.25, 0.3) is 0 Å². The third kappa shape index (κ3) is 2.46. The quantitative estimate of drug-likeness (QED) is 0.919. The molecule has 0 unspecified atom stereocenters. The van der Waals surface area contributed by atoms with E-state index in [9.17, 15) is 4.39 Å². The van der Waals surface area contributed by atoms with Gasteiger partial charge in [-0.15, -0.1) is 0 Å². The van der Waals surface area contributed by atoms with Crippen molar-refractivity contribution in [2.24, 2.45) is 7.05 Å². The van der Waals surface area contributed by atoms with Crippen molar-refractivity contribution in [1.29, 1.82) is 0 Å². The zero-order chi connectivity index (χ0) is 14.0. The molecule has 0 atom stereocenters. The van der Waals surface area contributed by atoms with E-state index in [-0.39, 0.29) is 11.6 Å². The minimum absolute atomic E-state index is 0.250. The lowest BCUT2D eigenvalue weighted by atomic mass is 10.0. The monoisotopic (exact) mass is 263 g/mol. The number of nitrogens with zero attached hydrogens (tertiary/aromatic N) is 2. The van der Waals surface area contributed by atoms with Crippen molar-refractivity contribution >= 4 is 0 Å². The van der Waals surface area contributed by atoms with Gasteiger partial charge in [0, 0.05) is 19.2 Å². The van der Waals surface area contributed by atoms with E-state index in [0.717, 1.165) is 22.5 Å². The number of aromatic nitrogens is 2. The number of rotatable bonds is 4. The zero-order valence-corrected chi connectivity index (χ0v) is 11.6. The Labute approximate surface area is 112 Å². The predicted molar refractivity (Wildman–Crippen MR) is 72.7 cm³/mol. The first kappa shape index (κ1) is 13.5. The first-order valence-corrected chi connectivity index (χ1v) is 6.09. The van der Waals surface area contributed by atoms with Crippen LogP contribution < -0.4 is 10.1 Å². The molecule has 0 radical (unpaired) electrons. The summed E-state index contributed by atoms with van der Waals surface area (Å²) in [4.78, 5) is 0. The molecule has 0 aliphatic carbocycles. The van der Waals surface area contributed by atoms with Gasteiger partial charge in [-0.3, -0.25) is 4.68 Å². The van der Waals surface area contributed by atoms with Gasteiger partial charge in [-0.1, -0.05) is 6.07 Å². The molecule has 5 heteroatoms. The molecule has 1 aromatic heterocycles. The second-order valence-electron chi connectivity index (χ2n) is 4.41. The molecule has 1 N–H and O–H groups in total. The lowest BCUT2D eigenvalue weighted by molar-refractivity contribution is 0.386. The summed E-state index contributed by atoms with van der Waals surface area (Å²) in [7, 11) is 5.23. The van der Waals surface area contributed by atoms with Gasteiger partial charge in [0.05, 0.1) is 18.5 Å². The van der Waals surface area contributed by atoms with Crippen LogP contribution in [0.4, 0.5) is 4.39 Å². The average Bonchev–Trinajstić information content (AvgIpc) is 2.65. The smallest absolute Gasteiger partial charge is 0.165 e. The fourth-order valence-electron chi connectivity index (χ4n) is 2.27. The Hall–Kier alpha value is -1.88. The molecular formula is C14H18FN3O. The van der Waals surface area contributed by atoms with Crippen LogP contribution in [0, 0.1) is 12.7 Å². The molecule has 0 saturated heterocycles. The number of benzene rings is 1. The first-order valence-electron chi connectivity index (χ1n) is 6.09. The molecule has 0 bridgehead atoms. The van der Waals surface area contributed by atoms with Crippen LogP contribution in [-0.4, -0.2) is 23.9 Å². The van der Waals surface area contributed by atoms with E-state index in [0.29, 0.717) is 6.54 Å². The van der Waals surface area contributed by atoms with Gasteiger partial charge in [-0.2, -0.15) is 5.10 Å². The Kier molecular flexibility index (Phi) is 3.85. The van der Waals surface area contributed by atoms with Gasteiger partial charge in [0.1, 0.15) is 0 Å². The van der Waals surface area contributed by atoms with Gasteiger partial charge in [0.15, 0.2) is 11.6 Å². The molecule has 102 valence electrons. The lowest BCUT2D eigenvalue weighted by Crippen LogP contribution is -2.10. The number of ether oxygens (including phenoxy) is 1. The second-order valence-corrected chi connectivity index (χ2v) is 4.41. The van der Waals surface area contributed by atoms with Crippen molar-refractivity contribution in [3.8, 4) is 16.9 Å². The standard InChI is InChI=1S/C14H18FN3O/c1-9-14(12(8-16-2)18(3)17-9)10-5-6-13(19-4)11(15)7-10/h5-7,16H,8H2,1-4H3. The summed E-state index contributed by atoms with van der Waals surface area (Å²) >= 11 is 0. The Bertz CT molecular complexity index is 593. The lowest BCUT2D eigenvalue weighted by Gasteiger charge is -2.08. The van der Waals surface area contributed by atoms with Crippen molar-refractivity contribution in [2.75, 3.05) is 14.2 Å². The Morgan fingerprint density at radius 3 is 2.74 bits per heavy atom. The molecule has 0 spiro atoms. The number of hydrogen-bond acceptors (Lipinski definition) is 3. The molecule has 0 aliphatic heterocycles. The Morgan fingerprint density at radius 2 is 2.16 bits per heavy atom. The molecule has 1 aromatic carbocycles. The van der Waals surface area contributed by atoms with E-state index < -0.39 is 0 Å². The van der Waals surface area contributed by atoms with Crippen molar-refractivity contribution in [2.45, 2.75) is 13.5 Å². The number of methoxy groups -OCH3 is 1. The molecule has 0 saturated carbocycles. The summed E-state index contributed by atoms with van der Waals surface area (Å²) in [5.74, 6) is -0.112. The van der Waals surface area contributed by atoms with Gasteiger partial charge in [0.2, 0.25) is 0 Å². The van der Waals surface area contributed by atoms with E-state index in [4.69, 9.17) is 4.74 Å². The van der Waals surface area contributed by atoms with Crippen LogP contribution in [0.25, 0.3) is 11.1 Å². The molecule has 0 amide bonds. The maximum Gasteiger partial charge on any atom is 0.165 e. The Morgan fingerprint density at radius 1 is 1.42 bits per heavy atom. The highest BCUT2D eigenvalue weighted by Crippen LogP contribution is 2.30. The number of aryl methyl sites for hydroxylation is 2. The topological polar surface area (TPSA) is 39.1 Å². The van der Waals surface area contributed by atoms with Gasteiger partial charge in [-0.05, 0) is 31.7 Å². The number of nitrogens with one attached hydrogen (secondary N) is 1. The SMILES string of the molecule is CNCc1c(-c2ccc(OC)c(F)c2)c(C)nn1C. The van der Waals surface area contributed by atoms with Crippen LogP contribution in [-0.2, 0) is 13.6 Å². The van der Waals surface area contributed by atoms with Crippen molar-refractivity contribution < 1.29 is 9.13 Å². The van der Waals surface area contributed by atoms with Crippen LogP contribution in [0.15, 0.2) is 18.2 Å². The molecule has 1 heterocycles. The fourth-order valence-corrected chi connectivity index (χ4v) is 2.27. The summed E-state index contributed by atoms with van der Waals surface area (Å²) in [6, 6.07) is 4.98. The molecule has 0 fully saturated rings. The van der Waals surface area contributed by atoms with Gasteiger partial charge >= 0.3 is 0 Å². The Balaban J connectivity index is 2.55. The third-order valence-electron chi connectivity index (χ3n) is 3.13. The molecule has 2 rings (SSSR count).